The molecule has 1 rings (SSSR count). The highest BCUT2D eigenvalue weighted by Gasteiger charge is 2.03. The fraction of sp³-hybridized carbons (Fsp3) is 0.286. The number of carbonyl (C=O) groups is 2. The number of aliphatic carboxylic acids is 1. The Kier molecular flexibility index (Phi) is 6.74. The van der Waals surface area contributed by atoms with E-state index in [1.54, 1.807) is 6.08 Å². The number of hydrogen-bond acceptors (Lipinski definition) is 3. The van der Waals surface area contributed by atoms with Gasteiger partial charge in [0.25, 0.3) is 0 Å². The molecule has 1 amide bonds. The number of benzene rings is 1. The summed E-state index contributed by atoms with van der Waals surface area (Å²) in [5.41, 5.74) is 1.73. The number of thioether (sulfide) groups is 1. The predicted octanol–water partition coefficient (Wildman–Crippen LogP) is 2.91. The van der Waals surface area contributed by atoms with Gasteiger partial charge in [-0.05, 0) is 24.1 Å². The number of anilines is 1. The second-order valence-electron chi connectivity index (χ2n) is 3.96. The van der Waals surface area contributed by atoms with E-state index in [-0.39, 0.29) is 11.7 Å². The van der Waals surface area contributed by atoms with Crippen molar-refractivity contribution in [2.45, 2.75) is 18.6 Å². The van der Waals surface area contributed by atoms with Crippen LogP contribution in [0.4, 0.5) is 5.69 Å². The number of carboxylic acids is 1. The van der Waals surface area contributed by atoms with E-state index in [2.05, 4.69) is 11.9 Å². The highest BCUT2D eigenvalue weighted by atomic mass is 32.2. The lowest BCUT2D eigenvalue weighted by atomic mass is 10.2. The highest BCUT2D eigenvalue weighted by Crippen LogP contribution is 2.16. The maximum atomic E-state index is 11.5. The Morgan fingerprint density at radius 2 is 2.21 bits per heavy atom. The number of allylic oxidation sites excluding steroid dienone is 1. The number of carboxylic acid groups (broad SMARTS) is 1. The first-order valence-corrected chi connectivity index (χ1v) is 7.06. The Labute approximate surface area is 116 Å². The molecule has 0 aliphatic rings. The minimum absolute atomic E-state index is 0.0461. The molecule has 2 N–H and O–H groups in total. The fourth-order valence-corrected chi connectivity index (χ4v) is 2.14. The average molecular weight is 279 g/mol. The summed E-state index contributed by atoms with van der Waals surface area (Å²) >= 11 is 1.33. The summed E-state index contributed by atoms with van der Waals surface area (Å²) in [7, 11) is 0. The molecule has 0 saturated heterocycles. The zero-order valence-electron chi connectivity index (χ0n) is 10.6. The van der Waals surface area contributed by atoms with Crippen LogP contribution in [0.5, 0.6) is 0 Å². The van der Waals surface area contributed by atoms with Crippen LogP contribution in [-0.2, 0) is 15.3 Å². The molecule has 0 aromatic heterocycles. The molecule has 0 fully saturated rings. The molecule has 0 aliphatic heterocycles. The van der Waals surface area contributed by atoms with E-state index in [1.165, 1.54) is 11.8 Å². The van der Waals surface area contributed by atoms with E-state index < -0.39 is 5.97 Å². The van der Waals surface area contributed by atoms with Gasteiger partial charge in [0.15, 0.2) is 0 Å². The zero-order valence-corrected chi connectivity index (χ0v) is 11.4. The summed E-state index contributed by atoms with van der Waals surface area (Å²) in [5, 5.41) is 11.4. The first kappa shape index (κ1) is 15.3. The van der Waals surface area contributed by atoms with Gasteiger partial charge in [0.2, 0.25) is 5.91 Å². The second-order valence-corrected chi connectivity index (χ2v) is 4.95. The topological polar surface area (TPSA) is 66.4 Å². The molecule has 0 radical (unpaired) electrons. The third kappa shape index (κ3) is 6.67. The maximum absolute atomic E-state index is 11.5. The van der Waals surface area contributed by atoms with Crippen molar-refractivity contribution in [1.82, 2.24) is 0 Å². The molecule has 5 heteroatoms. The zero-order chi connectivity index (χ0) is 14.1. The molecule has 0 bridgehead atoms. The number of amides is 1. The number of nitrogens with one attached hydrogen (secondary N) is 1. The molecule has 102 valence electrons. The third-order valence-electron chi connectivity index (χ3n) is 2.28. The molecule has 0 aliphatic carbocycles. The van der Waals surface area contributed by atoms with Crippen molar-refractivity contribution in [2.75, 3.05) is 11.1 Å². The van der Waals surface area contributed by atoms with Crippen LogP contribution in [0.2, 0.25) is 0 Å². The van der Waals surface area contributed by atoms with E-state index in [1.807, 2.05) is 24.3 Å². The van der Waals surface area contributed by atoms with Crippen molar-refractivity contribution >= 4 is 29.3 Å². The second kappa shape index (κ2) is 8.37. The SMILES string of the molecule is C=CCCC(=O)Nc1cccc(CSCC(=O)O)c1. The molecule has 1 aromatic rings. The Hall–Kier alpha value is -1.75. The van der Waals surface area contributed by atoms with E-state index in [0.29, 0.717) is 18.6 Å². The van der Waals surface area contributed by atoms with Crippen LogP contribution in [0.1, 0.15) is 18.4 Å². The molecule has 0 heterocycles. The van der Waals surface area contributed by atoms with Gasteiger partial charge in [0, 0.05) is 17.9 Å². The molecule has 0 unspecified atom stereocenters. The molecule has 0 saturated carbocycles. The van der Waals surface area contributed by atoms with Crippen LogP contribution < -0.4 is 5.32 Å². The summed E-state index contributed by atoms with van der Waals surface area (Å²) in [5.74, 6) is -0.174. The number of rotatable bonds is 8. The maximum Gasteiger partial charge on any atom is 0.313 e. The minimum atomic E-state index is -0.820. The van der Waals surface area contributed by atoms with Gasteiger partial charge in [-0.1, -0.05) is 18.2 Å². The van der Waals surface area contributed by atoms with Crippen LogP contribution in [-0.4, -0.2) is 22.7 Å². The van der Waals surface area contributed by atoms with Gasteiger partial charge in [-0.25, -0.2) is 0 Å². The van der Waals surface area contributed by atoms with E-state index in [9.17, 15) is 9.59 Å². The predicted molar refractivity (Wildman–Crippen MR) is 78.3 cm³/mol. The highest BCUT2D eigenvalue weighted by molar-refractivity contribution is 7.99. The molecule has 4 nitrogen and oxygen atoms in total. The van der Waals surface area contributed by atoms with Crippen molar-refractivity contribution in [2.24, 2.45) is 0 Å². The monoisotopic (exact) mass is 279 g/mol. The van der Waals surface area contributed by atoms with Crippen LogP contribution in [0, 0.1) is 0 Å². The van der Waals surface area contributed by atoms with Gasteiger partial charge in [0.1, 0.15) is 0 Å². The van der Waals surface area contributed by atoms with Crippen molar-refractivity contribution in [3.8, 4) is 0 Å². The van der Waals surface area contributed by atoms with Crippen molar-refractivity contribution in [3.05, 3.63) is 42.5 Å². The van der Waals surface area contributed by atoms with Gasteiger partial charge in [0.05, 0.1) is 5.75 Å². The van der Waals surface area contributed by atoms with E-state index >= 15 is 0 Å². The van der Waals surface area contributed by atoms with Gasteiger partial charge in [-0.15, -0.1) is 18.3 Å². The molecular weight excluding hydrogens is 262 g/mol. The van der Waals surface area contributed by atoms with Gasteiger partial charge >= 0.3 is 5.97 Å². The number of hydrogen-bond donors (Lipinski definition) is 2. The minimum Gasteiger partial charge on any atom is -0.481 e. The van der Waals surface area contributed by atoms with Crippen molar-refractivity contribution in [1.29, 1.82) is 0 Å². The Morgan fingerprint density at radius 1 is 1.42 bits per heavy atom. The summed E-state index contributed by atoms with van der Waals surface area (Å²) in [4.78, 5) is 22.0. The average Bonchev–Trinajstić information content (AvgIpc) is 2.36. The summed E-state index contributed by atoms with van der Waals surface area (Å²) in [6.07, 6.45) is 2.78. The molecule has 0 atom stereocenters. The quantitative estimate of drug-likeness (QED) is 0.718. The lowest BCUT2D eigenvalue weighted by Gasteiger charge is -2.06. The van der Waals surface area contributed by atoms with Crippen molar-refractivity contribution in [3.63, 3.8) is 0 Å². The van der Waals surface area contributed by atoms with Gasteiger partial charge in [-0.2, -0.15) is 0 Å². The lowest BCUT2D eigenvalue weighted by molar-refractivity contribution is -0.133. The molecule has 0 spiro atoms. The number of carbonyl (C=O) groups excluding carboxylic acids is 1. The van der Waals surface area contributed by atoms with Crippen LogP contribution >= 0.6 is 11.8 Å². The van der Waals surface area contributed by atoms with Crippen LogP contribution in [0.15, 0.2) is 36.9 Å². The Bertz CT molecular complexity index is 460. The van der Waals surface area contributed by atoms with Gasteiger partial charge in [-0.3, -0.25) is 9.59 Å². The van der Waals surface area contributed by atoms with E-state index in [4.69, 9.17) is 5.11 Å². The largest absolute Gasteiger partial charge is 0.481 e. The Balaban J connectivity index is 2.49. The molecule has 19 heavy (non-hydrogen) atoms. The normalized spacial score (nSPS) is 9.89. The summed E-state index contributed by atoms with van der Waals surface area (Å²) < 4.78 is 0. The van der Waals surface area contributed by atoms with Crippen molar-refractivity contribution < 1.29 is 14.7 Å². The first-order chi connectivity index (χ1) is 9.11. The third-order valence-corrected chi connectivity index (χ3v) is 3.27. The summed E-state index contributed by atoms with van der Waals surface area (Å²) in [6, 6.07) is 7.44. The first-order valence-electron chi connectivity index (χ1n) is 5.91. The van der Waals surface area contributed by atoms with E-state index in [0.717, 1.165) is 11.3 Å². The molecule has 1 aromatic carbocycles. The lowest BCUT2D eigenvalue weighted by Crippen LogP contribution is -2.10. The van der Waals surface area contributed by atoms with Crippen LogP contribution in [0.3, 0.4) is 0 Å². The standard InChI is InChI=1S/C14H17NO3S/c1-2-3-7-13(16)15-12-6-4-5-11(8-12)9-19-10-14(17)18/h2,4-6,8H,1,3,7,9-10H2,(H,15,16)(H,17,18). The smallest absolute Gasteiger partial charge is 0.313 e. The Morgan fingerprint density at radius 3 is 2.89 bits per heavy atom. The summed E-state index contributed by atoms with van der Waals surface area (Å²) in [6.45, 7) is 3.57. The van der Waals surface area contributed by atoms with Gasteiger partial charge < -0.3 is 10.4 Å². The fourth-order valence-electron chi connectivity index (χ4n) is 1.45. The molecular formula is C14H17NO3S. The van der Waals surface area contributed by atoms with Crippen LogP contribution in [0.25, 0.3) is 0 Å².